The van der Waals surface area contributed by atoms with Gasteiger partial charge in [0.15, 0.2) is 0 Å². The smallest absolute Gasteiger partial charge is 0.0512 e. The minimum absolute atomic E-state index is 0.132. The summed E-state index contributed by atoms with van der Waals surface area (Å²) in [5.41, 5.74) is 0. The topological polar surface area (TPSA) is 20.2 Å². The van der Waals surface area contributed by atoms with Crippen LogP contribution in [0.4, 0.5) is 0 Å². The monoisotopic (exact) mass is 156 g/mol. The second-order valence-electron chi connectivity index (χ2n) is 3.28. The molecule has 0 saturated carbocycles. The van der Waals surface area contributed by atoms with Crippen LogP contribution in [0.15, 0.2) is 12.2 Å². The third-order valence-electron chi connectivity index (χ3n) is 1.80. The molecule has 66 valence electrons. The van der Waals surface area contributed by atoms with Crippen molar-refractivity contribution in [2.45, 2.75) is 46.1 Å². The molecule has 1 N–H and O–H groups in total. The van der Waals surface area contributed by atoms with E-state index in [9.17, 15) is 0 Å². The van der Waals surface area contributed by atoms with Crippen molar-refractivity contribution in [3.8, 4) is 0 Å². The minimum atomic E-state index is -0.132. The molecule has 0 aromatic rings. The van der Waals surface area contributed by atoms with Crippen LogP contribution < -0.4 is 0 Å². The van der Waals surface area contributed by atoms with E-state index in [0.29, 0.717) is 5.92 Å². The summed E-state index contributed by atoms with van der Waals surface area (Å²) in [7, 11) is 0. The first-order valence-electron chi connectivity index (χ1n) is 4.47. The van der Waals surface area contributed by atoms with E-state index < -0.39 is 0 Å². The van der Waals surface area contributed by atoms with Crippen LogP contribution in [0.25, 0.3) is 0 Å². The molecule has 0 fully saturated rings. The molecular formula is C10H20O. The third kappa shape index (κ3) is 7.60. The molecule has 1 nitrogen and oxygen atoms in total. The van der Waals surface area contributed by atoms with Gasteiger partial charge in [0.1, 0.15) is 0 Å². The fraction of sp³-hybridized carbons (Fsp3) is 0.800. The molecule has 0 rings (SSSR count). The molecule has 0 bridgehead atoms. The molecule has 0 spiro atoms. The van der Waals surface area contributed by atoms with Crippen LogP contribution in [0.1, 0.15) is 40.0 Å². The van der Waals surface area contributed by atoms with Gasteiger partial charge in [-0.15, -0.1) is 0 Å². The average molecular weight is 156 g/mol. The zero-order chi connectivity index (χ0) is 8.69. The van der Waals surface area contributed by atoms with Crippen molar-refractivity contribution in [3.05, 3.63) is 12.2 Å². The SMILES string of the molecule is C/C=C/C(C)CCCC(C)O. The Kier molecular flexibility index (Phi) is 6.24. The molecular weight excluding hydrogens is 136 g/mol. The fourth-order valence-corrected chi connectivity index (χ4v) is 1.16. The van der Waals surface area contributed by atoms with E-state index in [1.807, 2.05) is 13.8 Å². The van der Waals surface area contributed by atoms with Crippen molar-refractivity contribution in [1.29, 1.82) is 0 Å². The van der Waals surface area contributed by atoms with Gasteiger partial charge in [-0.2, -0.15) is 0 Å². The van der Waals surface area contributed by atoms with Gasteiger partial charge in [0.05, 0.1) is 6.10 Å². The van der Waals surface area contributed by atoms with Crippen molar-refractivity contribution in [2.24, 2.45) is 5.92 Å². The summed E-state index contributed by atoms with van der Waals surface area (Å²) in [6, 6.07) is 0. The van der Waals surface area contributed by atoms with Gasteiger partial charge in [-0.1, -0.05) is 25.5 Å². The molecule has 11 heavy (non-hydrogen) atoms. The fourth-order valence-electron chi connectivity index (χ4n) is 1.16. The zero-order valence-corrected chi connectivity index (χ0v) is 7.88. The number of aliphatic hydroxyl groups excluding tert-OH is 1. The molecule has 0 saturated heterocycles. The van der Waals surface area contributed by atoms with Crippen LogP contribution in [0.2, 0.25) is 0 Å². The first kappa shape index (κ1) is 10.7. The highest BCUT2D eigenvalue weighted by Gasteiger charge is 1.98. The van der Waals surface area contributed by atoms with Gasteiger partial charge in [0, 0.05) is 0 Å². The summed E-state index contributed by atoms with van der Waals surface area (Å²) in [6.07, 6.45) is 7.42. The molecule has 0 amide bonds. The average Bonchev–Trinajstić information content (AvgIpc) is 1.87. The lowest BCUT2D eigenvalue weighted by Crippen LogP contribution is -2.00. The van der Waals surface area contributed by atoms with Gasteiger partial charge in [0.2, 0.25) is 0 Å². The standard InChI is InChI=1S/C10H20O/c1-4-6-9(2)7-5-8-10(3)11/h4,6,9-11H,5,7-8H2,1-3H3/b6-4+. The van der Waals surface area contributed by atoms with Gasteiger partial charge < -0.3 is 5.11 Å². The predicted molar refractivity (Wildman–Crippen MR) is 49.5 cm³/mol. The Bertz CT molecular complexity index is 105. The van der Waals surface area contributed by atoms with E-state index in [2.05, 4.69) is 19.1 Å². The van der Waals surface area contributed by atoms with Crippen LogP contribution in [0.5, 0.6) is 0 Å². The maximum atomic E-state index is 8.98. The Morgan fingerprint density at radius 2 is 1.91 bits per heavy atom. The summed E-state index contributed by atoms with van der Waals surface area (Å²) in [5.74, 6) is 0.666. The largest absolute Gasteiger partial charge is 0.393 e. The molecule has 0 aliphatic rings. The number of aliphatic hydroxyl groups is 1. The van der Waals surface area contributed by atoms with E-state index in [4.69, 9.17) is 5.11 Å². The van der Waals surface area contributed by atoms with Crippen LogP contribution >= 0.6 is 0 Å². The van der Waals surface area contributed by atoms with Crippen LogP contribution in [0, 0.1) is 5.92 Å². The highest BCUT2D eigenvalue weighted by atomic mass is 16.3. The summed E-state index contributed by atoms with van der Waals surface area (Å²) < 4.78 is 0. The first-order valence-corrected chi connectivity index (χ1v) is 4.47. The second kappa shape index (κ2) is 6.41. The van der Waals surface area contributed by atoms with Gasteiger partial charge in [-0.3, -0.25) is 0 Å². The lowest BCUT2D eigenvalue weighted by molar-refractivity contribution is 0.179. The summed E-state index contributed by atoms with van der Waals surface area (Å²) >= 11 is 0. The third-order valence-corrected chi connectivity index (χ3v) is 1.80. The Labute approximate surface area is 70.1 Å². The Hall–Kier alpha value is -0.300. The van der Waals surface area contributed by atoms with Gasteiger partial charge >= 0.3 is 0 Å². The normalized spacial score (nSPS) is 17.1. The van der Waals surface area contributed by atoms with Gasteiger partial charge in [-0.25, -0.2) is 0 Å². The van der Waals surface area contributed by atoms with Gasteiger partial charge in [0.25, 0.3) is 0 Å². The number of hydrogen-bond acceptors (Lipinski definition) is 1. The highest BCUT2D eigenvalue weighted by Crippen LogP contribution is 2.10. The molecule has 2 unspecified atom stereocenters. The molecule has 0 aromatic carbocycles. The van der Waals surface area contributed by atoms with Crippen molar-refractivity contribution in [3.63, 3.8) is 0 Å². The van der Waals surface area contributed by atoms with Crippen molar-refractivity contribution < 1.29 is 5.11 Å². The lowest BCUT2D eigenvalue weighted by Gasteiger charge is -2.06. The maximum absolute atomic E-state index is 8.98. The molecule has 0 aliphatic carbocycles. The quantitative estimate of drug-likeness (QED) is 0.607. The summed E-state index contributed by atoms with van der Waals surface area (Å²) in [4.78, 5) is 0. The maximum Gasteiger partial charge on any atom is 0.0512 e. The lowest BCUT2D eigenvalue weighted by atomic mass is 10.0. The van der Waals surface area contributed by atoms with E-state index in [-0.39, 0.29) is 6.10 Å². The molecule has 2 atom stereocenters. The van der Waals surface area contributed by atoms with Crippen LogP contribution in [0.3, 0.4) is 0 Å². The van der Waals surface area contributed by atoms with Crippen LogP contribution in [-0.4, -0.2) is 11.2 Å². The van der Waals surface area contributed by atoms with E-state index in [0.717, 1.165) is 12.8 Å². The molecule has 1 heteroatoms. The zero-order valence-electron chi connectivity index (χ0n) is 7.88. The van der Waals surface area contributed by atoms with Crippen LogP contribution in [-0.2, 0) is 0 Å². The van der Waals surface area contributed by atoms with Gasteiger partial charge in [-0.05, 0) is 32.6 Å². The van der Waals surface area contributed by atoms with E-state index >= 15 is 0 Å². The summed E-state index contributed by atoms with van der Waals surface area (Å²) in [6.45, 7) is 6.10. The predicted octanol–water partition coefficient (Wildman–Crippen LogP) is 2.75. The first-order chi connectivity index (χ1) is 5.16. The van der Waals surface area contributed by atoms with Crippen molar-refractivity contribution in [2.75, 3.05) is 0 Å². The molecule has 0 heterocycles. The molecule has 0 radical (unpaired) electrons. The Morgan fingerprint density at radius 1 is 1.27 bits per heavy atom. The summed E-state index contributed by atoms with van der Waals surface area (Å²) in [5, 5.41) is 8.98. The molecule has 0 aliphatic heterocycles. The number of allylic oxidation sites excluding steroid dienone is 2. The second-order valence-corrected chi connectivity index (χ2v) is 3.28. The number of hydrogen-bond donors (Lipinski definition) is 1. The molecule has 0 aromatic heterocycles. The number of rotatable bonds is 5. The Morgan fingerprint density at radius 3 is 2.36 bits per heavy atom. The van der Waals surface area contributed by atoms with Crippen molar-refractivity contribution >= 4 is 0 Å². The minimum Gasteiger partial charge on any atom is -0.393 e. The van der Waals surface area contributed by atoms with E-state index in [1.165, 1.54) is 6.42 Å². The van der Waals surface area contributed by atoms with Crippen molar-refractivity contribution in [1.82, 2.24) is 0 Å². The Balaban J connectivity index is 3.24. The highest BCUT2D eigenvalue weighted by molar-refractivity contribution is 4.82. The van der Waals surface area contributed by atoms with E-state index in [1.54, 1.807) is 0 Å².